The van der Waals surface area contributed by atoms with Gasteiger partial charge in [0.2, 0.25) is 5.91 Å². The molecule has 0 spiro atoms. The summed E-state index contributed by atoms with van der Waals surface area (Å²) in [6.45, 7) is 1.83. The summed E-state index contributed by atoms with van der Waals surface area (Å²) >= 11 is 0. The van der Waals surface area contributed by atoms with Gasteiger partial charge in [-0.1, -0.05) is 30.3 Å². The number of carbonyl (C=O) groups is 1. The van der Waals surface area contributed by atoms with Gasteiger partial charge in [0.25, 0.3) is 0 Å². The summed E-state index contributed by atoms with van der Waals surface area (Å²) in [6.07, 6.45) is 0. The maximum absolute atomic E-state index is 11.9. The fraction of sp³-hybridized carbons (Fsp3) is 0.235. The third-order valence-corrected chi connectivity index (χ3v) is 3.04. The minimum Gasteiger partial charge on any atom is -0.455 e. The lowest BCUT2D eigenvalue weighted by Crippen LogP contribution is -2.36. The summed E-state index contributed by atoms with van der Waals surface area (Å²) in [5.74, 6) is 1.48. The van der Waals surface area contributed by atoms with Crippen LogP contribution in [0.2, 0.25) is 0 Å². The van der Waals surface area contributed by atoms with Gasteiger partial charge in [0, 0.05) is 14.1 Å². The van der Waals surface area contributed by atoms with E-state index in [1.165, 1.54) is 0 Å². The first-order valence-corrected chi connectivity index (χ1v) is 6.87. The molecule has 0 aliphatic carbocycles. The molecule has 0 aliphatic rings. The summed E-state index contributed by atoms with van der Waals surface area (Å²) in [6, 6.07) is 16.8. The van der Waals surface area contributed by atoms with Gasteiger partial charge in [0.15, 0.2) is 5.75 Å². The highest BCUT2D eigenvalue weighted by molar-refractivity contribution is 5.84. The van der Waals surface area contributed by atoms with E-state index in [0.29, 0.717) is 5.75 Å². The van der Waals surface area contributed by atoms with Gasteiger partial charge in [-0.15, -0.1) is 0 Å². The predicted molar refractivity (Wildman–Crippen MR) is 84.7 cm³/mol. The maximum atomic E-state index is 11.9. The van der Waals surface area contributed by atoms with Crippen molar-refractivity contribution in [1.29, 1.82) is 0 Å². The number of anilines is 1. The Morgan fingerprint density at radius 3 is 2.33 bits per heavy atom. The fourth-order valence-corrected chi connectivity index (χ4v) is 1.97. The van der Waals surface area contributed by atoms with Gasteiger partial charge in [-0.25, -0.2) is 0 Å². The molecule has 4 heteroatoms. The summed E-state index contributed by atoms with van der Waals surface area (Å²) in [5.41, 5.74) is 0.795. The Morgan fingerprint density at radius 1 is 1.05 bits per heavy atom. The predicted octanol–water partition coefficient (Wildman–Crippen LogP) is 3.37. The maximum Gasteiger partial charge on any atom is 0.244 e. The van der Waals surface area contributed by atoms with Crippen LogP contribution in [0.25, 0.3) is 0 Å². The number of hydrogen-bond acceptors (Lipinski definition) is 3. The van der Waals surface area contributed by atoms with Gasteiger partial charge in [0.05, 0.1) is 5.69 Å². The molecule has 0 fully saturated rings. The van der Waals surface area contributed by atoms with Crippen LogP contribution >= 0.6 is 0 Å². The molecule has 1 amide bonds. The third-order valence-electron chi connectivity index (χ3n) is 3.04. The highest BCUT2D eigenvalue weighted by Gasteiger charge is 2.16. The van der Waals surface area contributed by atoms with E-state index in [-0.39, 0.29) is 11.9 Å². The van der Waals surface area contributed by atoms with E-state index in [0.717, 1.165) is 11.4 Å². The van der Waals surface area contributed by atoms with Crippen LogP contribution in [0.15, 0.2) is 54.6 Å². The Kier molecular flexibility index (Phi) is 4.82. The Labute approximate surface area is 125 Å². The quantitative estimate of drug-likeness (QED) is 0.915. The minimum absolute atomic E-state index is 0.0181. The molecule has 0 bridgehead atoms. The summed E-state index contributed by atoms with van der Waals surface area (Å²) in [4.78, 5) is 13.5. The number of para-hydroxylation sites is 3. The summed E-state index contributed by atoms with van der Waals surface area (Å²) in [7, 11) is 3.49. The number of likely N-dealkylation sites (N-methyl/N-ethyl adjacent to an activating group) is 1. The normalized spacial score (nSPS) is 11.6. The standard InChI is InChI=1S/C17H20N2O2/c1-13(17(20)19(2)3)18-15-11-7-8-12-16(15)21-14-9-5-4-6-10-14/h4-13,18H,1-3H3. The second kappa shape index (κ2) is 6.79. The van der Waals surface area contributed by atoms with Crippen LogP contribution in [0.4, 0.5) is 5.69 Å². The molecule has 1 atom stereocenters. The lowest BCUT2D eigenvalue weighted by molar-refractivity contribution is -0.129. The van der Waals surface area contributed by atoms with E-state index in [2.05, 4.69) is 5.32 Å². The summed E-state index contributed by atoms with van der Waals surface area (Å²) in [5, 5.41) is 3.20. The lowest BCUT2D eigenvalue weighted by atomic mass is 10.2. The Bertz CT molecular complexity index is 597. The van der Waals surface area contributed by atoms with Crippen molar-refractivity contribution >= 4 is 11.6 Å². The summed E-state index contributed by atoms with van der Waals surface area (Å²) < 4.78 is 5.86. The van der Waals surface area contributed by atoms with Gasteiger partial charge in [-0.05, 0) is 31.2 Å². The molecule has 2 rings (SSSR count). The third kappa shape index (κ3) is 3.99. The number of hydrogen-bond donors (Lipinski definition) is 1. The van der Waals surface area contributed by atoms with E-state index < -0.39 is 0 Å². The zero-order chi connectivity index (χ0) is 15.2. The van der Waals surface area contributed by atoms with Gasteiger partial charge in [0.1, 0.15) is 11.8 Å². The van der Waals surface area contributed by atoms with Crippen LogP contribution < -0.4 is 10.1 Å². The van der Waals surface area contributed by atoms with Crippen LogP contribution in [0, 0.1) is 0 Å². The van der Waals surface area contributed by atoms with Crippen LogP contribution in [0.1, 0.15) is 6.92 Å². The number of ether oxygens (including phenoxy) is 1. The smallest absolute Gasteiger partial charge is 0.244 e. The molecule has 4 nitrogen and oxygen atoms in total. The molecule has 0 radical (unpaired) electrons. The highest BCUT2D eigenvalue weighted by atomic mass is 16.5. The van der Waals surface area contributed by atoms with Gasteiger partial charge in [-0.2, -0.15) is 0 Å². The van der Waals surface area contributed by atoms with Crippen molar-refractivity contribution in [3.63, 3.8) is 0 Å². The molecule has 2 aromatic carbocycles. The number of nitrogens with zero attached hydrogens (tertiary/aromatic N) is 1. The molecule has 0 saturated heterocycles. The molecule has 0 aromatic heterocycles. The van der Waals surface area contributed by atoms with Crippen molar-refractivity contribution in [1.82, 2.24) is 4.90 Å². The number of benzene rings is 2. The minimum atomic E-state index is -0.319. The average Bonchev–Trinajstić information content (AvgIpc) is 2.49. The molecule has 0 heterocycles. The van der Waals surface area contributed by atoms with Gasteiger partial charge in [-0.3, -0.25) is 4.79 Å². The number of rotatable bonds is 5. The largest absolute Gasteiger partial charge is 0.455 e. The van der Waals surface area contributed by atoms with Crippen LogP contribution in [0.3, 0.4) is 0 Å². The molecule has 110 valence electrons. The van der Waals surface area contributed by atoms with E-state index in [4.69, 9.17) is 4.74 Å². The first-order chi connectivity index (χ1) is 10.1. The second-order valence-corrected chi connectivity index (χ2v) is 5.01. The molecule has 2 aromatic rings. The topological polar surface area (TPSA) is 41.6 Å². The van der Waals surface area contributed by atoms with Crippen molar-refractivity contribution < 1.29 is 9.53 Å². The Hall–Kier alpha value is -2.49. The van der Waals surface area contributed by atoms with Crippen LogP contribution in [-0.4, -0.2) is 30.9 Å². The van der Waals surface area contributed by atoms with Crippen LogP contribution in [-0.2, 0) is 4.79 Å². The number of amides is 1. The van der Waals surface area contributed by atoms with E-state index in [9.17, 15) is 4.79 Å². The zero-order valence-corrected chi connectivity index (χ0v) is 12.5. The van der Waals surface area contributed by atoms with Crippen molar-refractivity contribution in [3.05, 3.63) is 54.6 Å². The highest BCUT2D eigenvalue weighted by Crippen LogP contribution is 2.29. The molecule has 1 N–H and O–H groups in total. The molecule has 21 heavy (non-hydrogen) atoms. The van der Waals surface area contributed by atoms with Crippen LogP contribution in [0.5, 0.6) is 11.5 Å². The van der Waals surface area contributed by atoms with E-state index in [1.54, 1.807) is 19.0 Å². The van der Waals surface area contributed by atoms with Crippen molar-refractivity contribution in [3.8, 4) is 11.5 Å². The van der Waals surface area contributed by atoms with Crippen molar-refractivity contribution in [2.75, 3.05) is 19.4 Å². The molecular weight excluding hydrogens is 264 g/mol. The molecule has 0 saturated carbocycles. The van der Waals surface area contributed by atoms with Crippen molar-refractivity contribution in [2.45, 2.75) is 13.0 Å². The van der Waals surface area contributed by atoms with Gasteiger partial charge >= 0.3 is 0 Å². The molecule has 0 aliphatic heterocycles. The van der Waals surface area contributed by atoms with Gasteiger partial charge < -0.3 is 15.0 Å². The van der Waals surface area contributed by atoms with E-state index >= 15 is 0 Å². The SMILES string of the molecule is CC(Nc1ccccc1Oc1ccccc1)C(=O)N(C)C. The van der Waals surface area contributed by atoms with E-state index in [1.807, 2.05) is 61.5 Å². The first-order valence-electron chi connectivity index (χ1n) is 6.87. The van der Waals surface area contributed by atoms with Crippen molar-refractivity contribution in [2.24, 2.45) is 0 Å². The Morgan fingerprint density at radius 2 is 1.67 bits per heavy atom. The Balaban J connectivity index is 2.15. The number of carbonyl (C=O) groups excluding carboxylic acids is 1. The zero-order valence-electron chi connectivity index (χ0n) is 12.5. The monoisotopic (exact) mass is 284 g/mol. The number of nitrogens with one attached hydrogen (secondary N) is 1. The second-order valence-electron chi connectivity index (χ2n) is 5.01. The fourth-order valence-electron chi connectivity index (χ4n) is 1.97. The molecule has 1 unspecified atom stereocenters. The first kappa shape index (κ1) is 14.9. The molecular formula is C17H20N2O2. The lowest BCUT2D eigenvalue weighted by Gasteiger charge is -2.20. The average molecular weight is 284 g/mol.